The Kier molecular flexibility index (Phi) is 6.65. The highest BCUT2D eigenvalue weighted by atomic mass is 35.5. The number of benzene rings is 2. The zero-order chi connectivity index (χ0) is 23.8. The number of halogens is 1. The molecule has 0 unspecified atom stereocenters. The van der Waals surface area contributed by atoms with E-state index in [0.717, 1.165) is 18.4 Å². The number of fused-ring (bicyclic) bond motifs is 1. The molecule has 1 amide bonds. The Balaban J connectivity index is 1.67. The van der Waals surface area contributed by atoms with Crippen molar-refractivity contribution in [3.63, 3.8) is 0 Å². The van der Waals surface area contributed by atoms with E-state index in [2.05, 4.69) is 5.32 Å². The average molecular weight is 491 g/mol. The second-order valence-electron chi connectivity index (χ2n) is 8.50. The van der Waals surface area contributed by atoms with Crippen molar-refractivity contribution in [2.24, 2.45) is 0 Å². The second kappa shape index (κ2) is 9.32. The maximum atomic E-state index is 13.2. The van der Waals surface area contributed by atoms with Crippen LogP contribution in [0.15, 0.2) is 52.2 Å². The molecule has 2 aromatic carbocycles. The normalized spacial score (nSPS) is 14.9. The molecule has 10 heteroatoms. The summed E-state index contributed by atoms with van der Waals surface area (Å²) in [4.78, 5) is 26.0. The van der Waals surface area contributed by atoms with Crippen LogP contribution in [-0.2, 0) is 27.9 Å². The third-order valence-corrected chi connectivity index (χ3v) is 8.00. The Labute approximate surface area is 197 Å². The monoisotopic (exact) mass is 490 g/mol. The number of hydrogen-bond acceptors (Lipinski definition) is 4. The van der Waals surface area contributed by atoms with E-state index < -0.39 is 10.0 Å². The molecule has 1 aliphatic heterocycles. The molecule has 8 nitrogen and oxygen atoms in total. The van der Waals surface area contributed by atoms with Gasteiger partial charge >= 0.3 is 5.69 Å². The molecule has 0 saturated carbocycles. The molecule has 33 heavy (non-hydrogen) atoms. The Morgan fingerprint density at radius 2 is 1.73 bits per heavy atom. The van der Waals surface area contributed by atoms with Gasteiger partial charge in [0.1, 0.15) is 6.54 Å². The molecule has 1 aliphatic rings. The maximum absolute atomic E-state index is 13.2. The lowest BCUT2D eigenvalue weighted by atomic mass is 10.2. The van der Waals surface area contributed by atoms with E-state index in [4.69, 9.17) is 11.6 Å². The molecular formula is C23H27ClN4O4S. The van der Waals surface area contributed by atoms with Crippen LogP contribution in [0.5, 0.6) is 0 Å². The summed E-state index contributed by atoms with van der Waals surface area (Å²) in [5, 5.41) is 3.42. The molecule has 1 aromatic heterocycles. The van der Waals surface area contributed by atoms with Gasteiger partial charge < -0.3 is 5.32 Å². The van der Waals surface area contributed by atoms with Crippen LogP contribution in [-0.4, -0.2) is 40.9 Å². The van der Waals surface area contributed by atoms with Crippen molar-refractivity contribution >= 4 is 38.6 Å². The van der Waals surface area contributed by atoms with Crippen LogP contribution >= 0.6 is 11.6 Å². The molecule has 4 rings (SSSR count). The third kappa shape index (κ3) is 4.71. The van der Waals surface area contributed by atoms with Crippen LogP contribution < -0.4 is 11.0 Å². The van der Waals surface area contributed by atoms with Gasteiger partial charge in [-0.2, -0.15) is 4.31 Å². The number of carbonyl (C=O) groups excluding carboxylic acids is 1. The number of nitrogens with zero attached hydrogens (tertiary/aromatic N) is 3. The van der Waals surface area contributed by atoms with Crippen molar-refractivity contribution in [2.45, 2.75) is 50.7 Å². The van der Waals surface area contributed by atoms with Crippen LogP contribution in [0.4, 0.5) is 0 Å². The lowest BCUT2D eigenvalue weighted by Crippen LogP contribution is -2.33. The van der Waals surface area contributed by atoms with Crippen LogP contribution in [0.1, 0.15) is 38.3 Å². The number of rotatable bonds is 7. The van der Waals surface area contributed by atoms with Crippen molar-refractivity contribution in [2.75, 3.05) is 13.1 Å². The van der Waals surface area contributed by atoms with Gasteiger partial charge in [-0.1, -0.05) is 23.7 Å². The van der Waals surface area contributed by atoms with Crippen LogP contribution in [0.25, 0.3) is 11.0 Å². The Morgan fingerprint density at radius 1 is 1.06 bits per heavy atom. The van der Waals surface area contributed by atoms with Crippen molar-refractivity contribution in [3.05, 3.63) is 63.5 Å². The fourth-order valence-corrected chi connectivity index (χ4v) is 5.82. The molecule has 2 heterocycles. The summed E-state index contributed by atoms with van der Waals surface area (Å²) in [7, 11) is -3.65. The van der Waals surface area contributed by atoms with E-state index in [9.17, 15) is 18.0 Å². The van der Waals surface area contributed by atoms with Gasteiger partial charge in [0.15, 0.2) is 0 Å². The smallest absolute Gasteiger partial charge is 0.329 e. The van der Waals surface area contributed by atoms with Gasteiger partial charge in [-0.3, -0.25) is 13.9 Å². The standard InChI is InChI=1S/C23H27ClN4O4S/c1-16(2)28-20-10-9-19(33(31,32)26-11-3-4-12-26)13-21(20)27(23(28)30)15-22(29)25-14-17-5-7-18(24)8-6-17/h5-10,13,16H,3-4,11-12,14-15H2,1-2H3,(H,25,29). The Hall–Kier alpha value is -2.62. The number of hydrogen-bond donors (Lipinski definition) is 1. The number of amides is 1. The number of carbonyl (C=O) groups is 1. The molecule has 0 atom stereocenters. The first-order chi connectivity index (χ1) is 15.7. The Morgan fingerprint density at radius 3 is 2.36 bits per heavy atom. The first kappa shape index (κ1) is 23.5. The fourth-order valence-electron chi connectivity index (χ4n) is 4.15. The summed E-state index contributed by atoms with van der Waals surface area (Å²) in [5.74, 6) is -0.345. The van der Waals surface area contributed by atoms with Crippen molar-refractivity contribution in [1.82, 2.24) is 18.8 Å². The van der Waals surface area contributed by atoms with Crippen molar-refractivity contribution in [3.8, 4) is 0 Å². The lowest BCUT2D eigenvalue weighted by molar-refractivity contribution is -0.121. The van der Waals surface area contributed by atoms with Crippen molar-refractivity contribution in [1.29, 1.82) is 0 Å². The molecule has 0 bridgehead atoms. The van der Waals surface area contributed by atoms with E-state index in [1.54, 1.807) is 28.8 Å². The number of imidazole rings is 1. The first-order valence-corrected chi connectivity index (χ1v) is 12.8. The molecule has 1 N–H and O–H groups in total. The van der Waals surface area contributed by atoms with E-state index in [1.165, 1.54) is 14.9 Å². The Bertz CT molecular complexity index is 1340. The van der Waals surface area contributed by atoms with E-state index >= 15 is 0 Å². The number of aromatic nitrogens is 2. The summed E-state index contributed by atoms with van der Waals surface area (Å²) >= 11 is 5.90. The molecule has 0 radical (unpaired) electrons. The summed E-state index contributed by atoms with van der Waals surface area (Å²) in [6.07, 6.45) is 1.67. The molecular weight excluding hydrogens is 464 g/mol. The molecule has 1 saturated heterocycles. The molecule has 3 aromatic rings. The predicted molar refractivity (Wildman–Crippen MR) is 128 cm³/mol. The fraction of sp³-hybridized carbons (Fsp3) is 0.391. The topological polar surface area (TPSA) is 93.4 Å². The highest BCUT2D eigenvalue weighted by molar-refractivity contribution is 7.89. The minimum atomic E-state index is -3.65. The minimum absolute atomic E-state index is 0.133. The SMILES string of the molecule is CC(C)n1c(=O)n(CC(=O)NCc2ccc(Cl)cc2)c2cc(S(=O)(=O)N3CCCC3)ccc21. The van der Waals surface area contributed by atoms with Crippen LogP contribution in [0, 0.1) is 0 Å². The average Bonchev–Trinajstić information content (AvgIpc) is 3.41. The molecule has 0 aliphatic carbocycles. The maximum Gasteiger partial charge on any atom is 0.329 e. The number of sulfonamides is 1. The lowest BCUT2D eigenvalue weighted by Gasteiger charge is -2.16. The molecule has 0 spiro atoms. The molecule has 1 fully saturated rings. The van der Waals surface area contributed by atoms with Gasteiger partial charge in [-0.05, 0) is 62.6 Å². The minimum Gasteiger partial charge on any atom is -0.350 e. The van der Waals surface area contributed by atoms with Gasteiger partial charge in [0, 0.05) is 30.7 Å². The van der Waals surface area contributed by atoms with Crippen LogP contribution in [0.2, 0.25) is 5.02 Å². The summed E-state index contributed by atoms with van der Waals surface area (Å²) in [6.45, 7) is 4.82. The largest absolute Gasteiger partial charge is 0.350 e. The molecule has 176 valence electrons. The predicted octanol–water partition coefficient (Wildman–Crippen LogP) is 3.14. The summed E-state index contributed by atoms with van der Waals surface area (Å²) in [6, 6.07) is 11.7. The third-order valence-electron chi connectivity index (χ3n) is 5.86. The van der Waals surface area contributed by atoms with Gasteiger partial charge in [0.25, 0.3) is 0 Å². The summed E-state index contributed by atoms with van der Waals surface area (Å²) in [5.41, 5.74) is 1.55. The first-order valence-electron chi connectivity index (χ1n) is 10.9. The number of nitrogens with one attached hydrogen (secondary N) is 1. The van der Waals surface area contributed by atoms with Gasteiger partial charge in [-0.25, -0.2) is 13.2 Å². The van der Waals surface area contributed by atoms with Gasteiger partial charge in [-0.15, -0.1) is 0 Å². The second-order valence-corrected chi connectivity index (χ2v) is 10.9. The van der Waals surface area contributed by atoms with E-state index in [-0.39, 0.29) is 29.1 Å². The van der Waals surface area contributed by atoms with Crippen LogP contribution in [0.3, 0.4) is 0 Å². The highest BCUT2D eigenvalue weighted by Gasteiger charge is 2.28. The highest BCUT2D eigenvalue weighted by Crippen LogP contribution is 2.25. The van der Waals surface area contributed by atoms with E-state index in [0.29, 0.717) is 35.7 Å². The van der Waals surface area contributed by atoms with Crippen molar-refractivity contribution < 1.29 is 13.2 Å². The van der Waals surface area contributed by atoms with Gasteiger partial charge in [0.2, 0.25) is 15.9 Å². The van der Waals surface area contributed by atoms with E-state index in [1.807, 2.05) is 26.0 Å². The zero-order valence-corrected chi connectivity index (χ0v) is 20.2. The van der Waals surface area contributed by atoms with Gasteiger partial charge in [0.05, 0.1) is 15.9 Å². The summed E-state index contributed by atoms with van der Waals surface area (Å²) < 4.78 is 30.5. The quantitative estimate of drug-likeness (QED) is 0.550. The zero-order valence-electron chi connectivity index (χ0n) is 18.6.